The maximum Gasteiger partial charge on any atom is 0.269 e. The van der Waals surface area contributed by atoms with Gasteiger partial charge in [-0.1, -0.05) is 0 Å². The highest BCUT2D eigenvalue weighted by atomic mass is 32.2. The van der Waals surface area contributed by atoms with Gasteiger partial charge in [-0.25, -0.2) is 8.42 Å². The summed E-state index contributed by atoms with van der Waals surface area (Å²) in [6, 6.07) is 18.0. The molecule has 0 fully saturated rings. The van der Waals surface area contributed by atoms with Crippen LogP contribution < -0.4 is 14.2 Å². The molecule has 0 radical (unpaired) electrons. The summed E-state index contributed by atoms with van der Waals surface area (Å²) < 4.78 is 37.9. The largest absolute Gasteiger partial charge is 0.497 e. The number of non-ortho nitro benzene ring substituents is 1. The fourth-order valence-corrected chi connectivity index (χ4v) is 3.39. The third-order valence-electron chi connectivity index (χ3n) is 3.76. The molecule has 3 aromatic carbocycles. The van der Waals surface area contributed by atoms with E-state index < -0.39 is 14.9 Å². The fraction of sp³-hybridized carbons (Fsp3) is 0.0526. The summed E-state index contributed by atoms with van der Waals surface area (Å²) >= 11 is 0. The monoisotopic (exact) mass is 400 g/mol. The predicted molar refractivity (Wildman–Crippen MR) is 103 cm³/mol. The zero-order valence-corrected chi connectivity index (χ0v) is 15.5. The lowest BCUT2D eigenvalue weighted by Gasteiger charge is -2.10. The van der Waals surface area contributed by atoms with Gasteiger partial charge in [0.05, 0.1) is 16.9 Å². The number of sulfonamides is 1. The van der Waals surface area contributed by atoms with Crippen LogP contribution in [0.2, 0.25) is 0 Å². The fourth-order valence-electron chi connectivity index (χ4n) is 2.33. The summed E-state index contributed by atoms with van der Waals surface area (Å²) in [6.07, 6.45) is 0. The van der Waals surface area contributed by atoms with Crippen LogP contribution in [0.5, 0.6) is 17.2 Å². The van der Waals surface area contributed by atoms with E-state index in [9.17, 15) is 18.5 Å². The molecular formula is C19H16N2O6S. The first-order chi connectivity index (χ1) is 13.4. The number of nitro groups is 1. The summed E-state index contributed by atoms with van der Waals surface area (Å²) in [6.45, 7) is 0. The highest BCUT2D eigenvalue weighted by Gasteiger charge is 2.14. The number of methoxy groups -OCH3 is 1. The molecule has 0 amide bonds. The number of rotatable bonds is 7. The Bertz CT molecular complexity index is 1060. The second-order valence-corrected chi connectivity index (χ2v) is 7.34. The number of anilines is 1. The van der Waals surface area contributed by atoms with Crippen LogP contribution in [-0.2, 0) is 10.0 Å². The summed E-state index contributed by atoms with van der Waals surface area (Å²) in [7, 11) is -2.23. The van der Waals surface area contributed by atoms with E-state index in [-0.39, 0.29) is 10.6 Å². The van der Waals surface area contributed by atoms with Gasteiger partial charge in [0.15, 0.2) is 0 Å². The molecular weight excluding hydrogens is 384 g/mol. The Labute approximate surface area is 161 Å². The van der Waals surface area contributed by atoms with Crippen molar-refractivity contribution in [1.29, 1.82) is 0 Å². The standard InChI is InChI=1S/C19H16N2O6S/c1-26-16-10-12-19(13-11-16)28(24,25)20-14-2-6-17(7-3-14)27-18-8-4-15(5-9-18)21(22)23/h2-13,20H,1H3. The van der Waals surface area contributed by atoms with E-state index in [0.29, 0.717) is 22.9 Å². The molecule has 3 aromatic rings. The molecule has 0 aromatic heterocycles. The number of hydrogen-bond acceptors (Lipinski definition) is 6. The molecule has 28 heavy (non-hydrogen) atoms. The zero-order valence-electron chi connectivity index (χ0n) is 14.7. The minimum atomic E-state index is -3.73. The lowest BCUT2D eigenvalue weighted by molar-refractivity contribution is -0.384. The number of benzene rings is 3. The summed E-state index contributed by atoms with van der Waals surface area (Å²) in [5.74, 6) is 1.45. The average Bonchev–Trinajstić information content (AvgIpc) is 2.70. The van der Waals surface area contributed by atoms with E-state index in [1.807, 2.05) is 0 Å². The van der Waals surface area contributed by atoms with Crippen LogP contribution in [0, 0.1) is 10.1 Å². The van der Waals surface area contributed by atoms with Crippen molar-refractivity contribution in [3.8, 4) is 17.2 Å². The first-order valence-corrected chi connectivity index (χ1v) is 9.55. The van der Waals surface area contributed by atoms with Gasteiger partial charge in [0.1, 0.15) is 17.2 Å². The number of nitrogens with one attached hydrogen (secondary N) is 1. The Hall–Kier alpha value is -3.59. The number of hydrogen-bond donors (Lipinski definition) is 1. The third-order valence-corrected chi connectivity index (χ3v) is 5.16. The van der Waals surface area contributed by atoms with Crippen molar-refractivity contribution in [2.45, 2.75) is 4.90 Å². The molecule has 3 rings (SSSR count). The number of ether oxygens (including phenoxy) is 2. The SMILES string of the molecule is COc1ccc(S(=O)(=O)Nc2ccc(Oc3ccc([N+](=O)[O-])cc3)cc2)cc1. The van der Waals surface area contributed by atoms with Crippen LogP contribution in [-0.4, -0.2) is 20.5 Å². The Kier molecular flexibility index (Phi) is 5.46. The Morgan fingerprint density at radius 2 is 1.32 bits per heavy atom. The molecule has 0 aliphatic rings. The Balaban J connectivity index is 1.68. The van der Waals surface area contributed by atoms with Gasteiger partial charge in [-0.2, -0.15) is 0 Å². The van der Waals surface area contributed by atoms with Crippen molar-refractivity contribution in [2.75, 3.05) is 11.8 Å². The van der Waals surface area contributed by atoms with Crippen molar-refractivity contribution < 1.29 is 22.8 Å². The van der Waals surface area contributed by atoms with Gasteiger partial charge < -0.3 is 9.47 Å². The molecule has 0 bridgehead atoms. The van der Waals surface area contributed by atoms with Crippen LogP contribution >= 0.6 is 0 Å². The quantitative estimate of drug-likeness (QED) is 0.470. The summed E-state index contributed by atoms with van der Waals surface area (Å²) in [4.78, 5) is 10.3. The van der Waals surface area contributed by atoms with Crippen molar-refractivity contribution in [2.24, 2.45) is 0 Å². The predicted octanol–water partition coefficient (Wildman–Crippen LogP) is 4.20. The van der Waals surface area contributed by atoms with Crippen molar-refractivity contribution in [3.63, 3.8) is 0 Å². The summed E-state index contributed by atoms with van der Waals surface area (Å²) in [5.41, 5.74) is 0.336. The van der Waals surface area contributed by atoms with Gasteiger partial charge in [-0.3, -0.25) is 14.8 Å². The normalized spacial score (nSPS) is 10.9. The molecule has 0 heterocycles. The van der Waals surface area contributed by atoms with Crippen LogP contribution in [0.15, 0.2) is 77.7 Å². The molecule has 8 nitrogen and oxygen atoms in total. The second kappa shape index (κ2) is 7.97. The molecule has 0 aliphatic heterocycles. The highest BCUT2D eigenvalue weighted by Crippen LogP contribution is 2.26. The van der Waals surface area contributed by atoms with Gasteiger partial charge in [0.25, 0.3) is 15.7 Å². The van der Waals surface area contributed by atoms with Crippen molar-refractivity contribution in [1.82, 2.24) is 0 Å². The van der Waals surface area contributed by atoms with E-state index in [4.69, 9.17) is 9.47 Å². The van der Waals surface area contributed by atoms with Crippen LogP contribution in [0.4, 0.5) is 11.4 Å². The molecule has 0 spiro atoms. The topological polar surface area (TPSA) is 108 Å². The molecule has 0 saturated heterocycles. The van der Waals surface area contributed by atoms with Crippen LogP contribution in [0.1, 0.15) is 0 Å². The lowest BCUT2D eigenvalue weighted by Crippen LogP contribution is -2.12. The molecule has 0 atom stereocenters. The van der Waals surface area contributed by atoms with E-state index in [2.05, 4.69) is 4.72 Å². The van der Waals surface area contributed by atoms with Gasteiger partial charge in [0, 0.05) is 17.8 Å². The van der Waals surface area contributed by atoms with E-state index in [1.54, 1.807) is 36.4 Å². The molecule has 9 heteroatoms. The van der Waals surface area contributed by atoms with Gasteiger partial charge in [-0.15, -0.1) is 0 Å². The number of nitro benzene ring substituents is 1. The van der Waals surface area contributed by atoms with Crippen LogP contribution in [0.25, 0.3) is 0 Å². The highest BCUT2D eigenvalue weighted by molar-refractivity contribution is 7.92. The van der Waals surface area contributed by atoms with Gasteiger partial charge in [0.2, 0.25) is 0 Å². The smallest absolute Gasteiger partial charge is 0.269 e. The Morgan fingerprint density at radius 3 is 1.82 bits per heavy atom. The second-order valence-electron chi connectivity index (χ2n) is 5.66. The van der Waals surface area contributed by atoms with Crippen molar-refractivity contribution in [3.05, 3.63) is 82.9 Å². The zero-order chi connectivity index (χ0) is 20.1. The summed E-state index contributed by atoms with van der Waals surface area (Å²) in [5, 5.41) is 10.7. The van der Waals surface area contributed by atoms with E-state index >= 15 is 0 Å². The van der Waals surface area contributed by atoms with Crippen molar-refractivity contribution >= 4 is 21.4 Å². The maximum absolute atomic E-state index is 12.4. The lowest BCUT2D eigenvalue weighted by atomic mass is 10.3. The maximum atomic E-state index is 12.4. The molecule has 144 valence electrons. The van der Waals surface area contributed by atoms with E-state index in [1.165, 1.54) is 43.5 Å². The number of nitrogens with zero attached hydrogens (tertiary/aromatic N) is 1. The average molecular weight is 400 g/mol. The third kappa shape index (κ3) is 4.57. The van der Waals surface area contributed by atoms with E-state index in [0.717, 1.165) is 0 Å². The molecule has 0 aliphatic carbocycles. The molecule has 0 unspecified atom stereocenters. The molecule has 0 saturated carbocycles. The minimum absolute atomic E-state index is 0.0318. The first kappa shape index (κ1) is 19.2. The Morgan fingerprint density at radius 1 is 0.821 bits per heavy atom. The minimum Gasteiger partial charge on any atom is -0.497 e. The van der Waals surface area contributed by atoms with Crippen LogP contribution in [0.3, 0.4) is 0 Å². The first-order valence-electron chi connectivity index (χ1n) is 8.07. The molecule has 1 N–H and O–H groups in total. The van der Waals surface area contributed by atoms with Gasteiger partial charge >= 0.3 is 0 Å². The van der Waals surface area contributed by atoms with Gasteiger partial charge in [-0.05, 0) is 60.7 Å².